The molecule has 0 spiro atoms. The van der Waals surface area contributed by atoms with Crippen molar-refractivity contribution in [2.75, 3.05) is 37.9 Å². The van der Waals surface area contributed by atoms with Gasteiger partial charge >= 0.3 is 0 Å². The number of piperazine rings is 1. The van der Waals surface area contributed by atoms with Gasteiger partial charge in [0.05, 0.1) is 4.90 Å². The van der Waals surface area contributed by atoms with E-state index in [1.165, 1.54) is 12.1 Å². The summed E-state index contributed by atoms with van der Waals surface area (Å²) >= 11 is 0. The fourth-order valence-electron chi connectivity index (χ4n) is 2.77. The first-order valence-electron chi connectivity index (χ1n) is 8.77. The molecule has 0 bridgehead atoms. The first-order chi connectivity index (χ1) is 12.8. The SMILES string of the molecule is Cc1ccc(NS(=O)(=O)c2cccc(C(=O)NN3CCN(C)CC3)c2)cc1. The number of aryl methyl sites for hydroxylation is 1. The van der Waals surface area contributed by atoms with Crippen molar-refractivity contribution in [2.24, 2.45) is 0 Å². The van der Waals surface area contributed by atoms with E-state index in [-0.39, 0.29) is 10.8 Å². The van der Waals surface area contributed by atoms with Gasteiger partial charge in [-0.15, -0.1) is 0 Å². The quantitative estimate of drug-likeness (QED) is 0.815. The summed E-state index contributed by atoms with van der Waals surface area (Å²) in [7, 11) is -1.74. The summed E-state index contributed by atoms with van der Waals surface area (Å²) < 4.78 is 27.8. The third-order valence-electron chi connectivity index (χ3n) is 4.47. The van der Waals surface area contributed by atoms with Crippen molar-refractivity contribution in [1.82, 2.24) is 15.3 Å². The molecule has 3 rings (SSSR count). The number of carbonyl (C=O) groups is 1. The van der Waals surface area contributed by atoms with Gasteiger partial charge in [-0.3, -0.25) is 14.9 Å². The van der Waals surface area contributed by atoms with E-state index >= 15 is 0 Å². The molecule has 1 aliphatic heterocycles. The Hall–Kier alpha value is -2.42. The minimum Gasteiger partial charge on any atom is -0.304 e. The number of likely N-dealkylation sites (N-methyl/N-ethyl adjacent to an activating group) is 1. The van der Waals surface area contributed by atoms with Gasteiger partial charge in [0, 0.05) is 37.4 Å². The molecule has 0 radical (unpaired) electrons. The van der Waals surface area contributed by atoms with E-state index in [0.717, 1.165) is 31.7 Å². The first kappa shape index (κ1) is 19.3. The Labute approximate surface area is 160 Å². The van der Waals surface area contributed by atoms with Crippen molar-refractivity contribution in [2.45, 2.75) is 11.8 Å². The van der Waals surface area contributed by atoms with Crippen molar-refractivity contribution in [3.63, 3.8) is 0 Å². The average Bonchev–Trinajstić information content (AvgIpc) is 2.65. The predicted molar refractivity (Wildman–Crippen MR) is 105 cm³/mol. The molecule has 27 heavy (non-hydrogen) atoms. The van der Waals surface area contributed by atoms with Crippen molar-refractivity contribution in [1.29, 1.82) is 0 Å². The van der Waals surface area contributed by atoms with Crippen LogP contribution in [0.15, 0.2) is 53.4 Å². The maximum atomic E-state index is 12.6. The second-order valence-electron chi connectivity index (χ2n) is 6.73. The molecule has 2 N–H and O–H groups in total. The van der Waals surface area contributed by atoms with Gasteiger partial charge in [-0.25, -0.2) is 13.4 Å². The molecule has 0 aliphatic carbocycles. The Morgan fingerprint density at radius 2 is 1.67 bits per heavy atom. The molecular formula is C19H24N4O3S. The summed E-state index contributed by atoms with van der Waals surface area (Å²) in [5, 5.41) is 1.86. The second kappa shape index (κ2) is 8.08. The zero-order valence-corrected chi connectivity index (χ0v) is 16.3. The van der Waals surface area contributed by atoms with Crippen molar-refractivity contribution >= 4 is 21.6 Å². The molecule has 0 unspecified atom stereocenters. The number of carbonyl (C=O) groups excluding carboxylic acids is 1. The minimum atomic E-state index is -3.77. The molecule has 144 valence electrons. The number of hydrogen-bond acceptors (Lipinski definition) is 5. The zero-order chi connectivity index (χ0) is 19.4. The number of nitrogens with zero attached hydrogens (tertiary/aromatic N) is 2. The van der Waals surface area contributed by atoms with Gasteiger partial charge in [0.1, 0.15) is 0 Å². The van der Waals surface area contributed by atoms with Crippen molar-refractivity contribution < 1.29 is 13.2 Å². The summed E-state index contributed by atoms with van der Waals surface area (Å²) in [5.41, 5.74) is 4.67. The van der Waals surface area contributed by atoms with E-state index in [2.05, 4.69) is 15.0 Å². The van der Waals surface area contributed by atoms with E-state index in [4.69, 9.17) is 0 Å². The van der Waals surface area contributed by atoms with Gasteiger partial charge in [0.25, 0.3) is 15.9 Å². The van der Waals surface area contributed by atoms with Gasteiger partial charge in [-0.05, 0) is 44.3 Å². The lowest BCUT2D eigenvalue weighted by molar-refractivity contribution is 0.0662. The largest absolute Gasteiger partial charge is 0.304 e. The number of anilines is 1. The van der Waals surface area contributed by atoms with Crippen LogP contribution in [0.4, 0.5) is 5.69 Å². The second-order valence-corrected chi connectivity index (χ2v) is 8.41. The third kappa shape index (κ3) is 5.06. The maximum Gasteiger partial charge on any atom is 0.265 e. The molecule has 1 heterocycles. The number of hydrazine groups is 1. The number of hydrogen-bond donors (Lipinski definition) is 2. The van der Waals surface area contributed by atoms with E-state index in [0.29, 0.717) is 11.3 Å². The lowest BCUT2D eigenvalue weighted by Gasteiger charge is -2.32. The molecule has 8 heteroatoms. The molecule has 2 aromatic rings. The van der Waals surface area contributed by atoms with Crippen LogP contribution in [-0.4, -0.2) is 57.5 Å². The minimum absolute atomic E-state index is 0.0501. The van der Waals surface area contributed by atoms with Crippen LogP contribution < -0.4 is 10.1 Å². The Balaban J connectivity index is 1.72. The van der Waals surface area contributed by atoms with Gasteiger partial charge < -0.3 is 4.90 Å². The summed E-state index contributed by atoms with van der Waals surface area (Å²) in [6.07, 6.45) is 0. The van der Waals surface area contributed by atoms with Gasteiger partial charge in [-0.1, -0.05) is 23.8 Å². The molecule has 7 nitrogen and oxygen atoms in total. The van der Waals surface area contributed by atoms with Crippen LogP contribution in [0, 0.1) is 6.92 Å². The van der Waals surface area contributed by atoms with Crippen LogP contribution in [0.25, 0.3) is 0 Å². The number of nitrogens with one attached hydrogen (secondary N) is 2. The number of benzene rings is 2. The summed E-state index contributed by atoms with van der Waals surface area (Å²) in [6.45, 7) is 5.13. The van der Waals surface area contributed by atoms with E-state index in [9.17, 15) is 13.2 Å². The van der Waals surface area contributed by atoms with E-state index in [1.54, 1.807) is 24.3 Å². The normalized spacial score (nSPS) is 16.1. The lowest BCUT2D eigenvalue weighted by atomic mass is 10.2. The highest BCUT2D eigenvalue weighted by atomic mass is 32.2. The number of amides is 1. The van der Waals surface area contributed by atoms with Crippen molar-refractivity contribution in [3.8, 4) is 0 Å². The van der Waals surface area contributed by atoms with Gasteiger partial charge in [0.15, 0.2) is 0 Å². The summed E-state index contributed by atoms with van der Waals surface area (Å²) in [5.74, 6) is -0.313. The zero-order valence-electron chi connectivity index (χ0n) is 15.5. The molecule has 2 aromatic carbocycles. The fraction of sp³-hybridized carbons (Fsp3) is 0.316. The number of rotatable bonds is 5. The topological polar surface area (TPSA) is 81.7 Å². The first-order valence-corrected chi connectivity index (χ1v) is 10.3. The molecule has 1 fully saturated rings. The van der Waals surface area contributed by atoms with Crippen LogP contribution >= 0.6 is 0 Å². The average molecular weight is 388 g/mol. The Morgan fingerprint density at radius 1 is 1.00 bits per heavy atom. The number of sulfonamides is 1. The standard InChI is InChI=1S/C19H24N4O3S/c1-15-6-8-17(9-7-15)21-27(25,26)18-5-3-4-16(14-18)19(24)20-23-12-10-22(2)11-13-23/h3-9,14,21H,10-13H2,1-2H3,(H,20,24). The van der Waals surface area contributed by atoms with Crippen molar-refractivity contribution in [3.05, 3.63) is 59.7 Å². The Kier molecular flexibility index (Phi) is 5.79. The highest BCUT2D eigenvalue weighted by Crippen LogP contribution is 2.18. The predicted octanol–water partition coefficient (Wildman–Crippen LogP) is 1.69. The molecule has 0 saturated carbocycles. The Morgan fingerprint density at radius 3 is 2.33 bits per heavy atom. The van der Waals surface area contributed by atoms with Crippen LogP contribution in [0.5, 0.6) is 0 Å². The van der Waals surface area contributed by atoms with E-state index < -0.39 is 10.0 Å². The van der Waals surface area contributed by atoms with Gasteiger partial charge in [-0.2, -0.15) is 0 Å². The highest BCUT2D eigenvalue weighted by Gasteiger charge is 2.19. The third-order valence-corrected chi connectivity index (χ3v) is 5.85. The van der Waals surface area contributed by atoms with Crippen LogP contribution in [0.3, 0.4) is 0 Å². The monoisotopic (exact) mass is 388 g/mol. The lowest BCUT2D eigenvalue weighted by Crippen LogP contribution is -2.52. The highest BCUT2D eigenvalue weighted by molar-refractivity contribution is 7.92. The maximum absolute atomic E-state index is 12.6. The van der Waals surface area contributed by atoms with Crippen LogP contribution in [-0.2, 0) is 10.0 Å². The molecule has 1 aliphatic rings. The molecule has 0 atom stereocenters. The molecular weight excluding hydrogens is 364 g/mol. The fourth-order valence-corrected chi connectivity index (χ4v) is 3.87. The molecule has 1 saturated heterocycles. The molecule has 1 amide bonds. The van der Waals surface area contributed by atoms with Gasteiger partial charge in [0.2, 0.25) is 0 Å². The smallest absolute Gasteiger partial charge is 0.265 e. The summed E-state index contributed by atoms with van der Waals surface area (Å²) in [4.78, 5) is 14.7. The van der Waals surface area contributed by atoms with Crippen LogP contribution in [0.1, 0.15) is 15.9 Å². The Bertz CT molecular complexity index is 905. The van der Waals surface area contributed by atoms with Crippen LogP contribution in [0.2, 0.25) is 0 Å². The van der Waals surface area contributed by atoms with E-state index in [1.807, 2.05) is 31.1 Å². The molecule has 0 aromatic heterocycles. The summed E-state index contributed by atoms with van der Waals surface area (Å²) in [6, 6.07) is 13.1.